The highest BCUT2D eigenvalue weighted by molar-refractivity contribution is 8.26. The number of anilines is 1. The van der Waals surface area contributed by atoms with Gasteiger partial charge in [-0.1, -0.05) is 30.0 Å². The van der Waals surface area contributed by atoms with Crippen LogP contribution in [0.3, 0.4) is 0 Å². The van der Waals surface area contributed by atoms with Gasteiger partial charge in [-0.15, -0.1) is 0 Å². The highest BCUT2D eigenvalue weighted by atomic mass is 32.2. The molecule has 2 aromatic heterocycles. The van der Waals surface area contributed by atoms with E-state index >= 15 is 0 Å². The smallest absolute Gasteiger partial charge is 0.267 e. The lowest BCUT2D eigenvalue weighted by Crippen LogP contribution is -2.39. The van der Waals surface area contributed by atoms with Gasteiger partial charge in [0.25, 0.3) is 11.5 Å². The van der Waals surface area contributed by atoms with E-state index in [1.165, 1.54) is 15.4 Å². The number of rotatable bonds is 5. The van der Waals surface area contributed by atoms with Crippen LogP contribution in [-0.4, -0.2) is 69.7 Å². The predicted octanol–water partition coefficient (Wildman–Crippen LogP) is 1.98. The topological polar surface area (TPSA) is 110 Å². The standard InChI is InChI=1S/C22H24N4O5S3/c1-13-4-2-7-25-19(13)24-18(23-11-15-5-3-8-31-15)16(20(25)27)10-17-21(28)26(22(32)33-17)14-6-9-34(29,30)12-14/h2,4,7,10,14-15,23H,3,5-6,8-9,11-12H2,1H3. The number of carbonyl (C=O) groups is 1. The molecule has 0 bridgehead atoms. The molecule has 2 unspecified atom stereocenters. The average Bonchev–Trinajstić information content (AvgIpc) is 3.49. The molecule has 3 aliphatic heterocycles. The minimum Gasteiger partial charge on any atom is -0.376 e. The number of sulfone groups is 1. The van der Waals surface area contributed by atoms with E-state index in [-0.39, 0.29) is 39.5 Å². The molecule has 5 heterocycles. The fourth-order valence-corrected chi connectivity index (χ4v) is 7.58. The lowest BCUT2D eigenvalue weighted by Gasteiger charge is -2.21. The van der Waals surface area contributed by atoms with Crippen molar-refractivity contribution in [3.05, 3.63) is 44.7 Å². The van der Waals surface area contributed by atoms with Crippen molar-refractivity contribution in [1.29, 1.82) is 0 Å². The maximum Gasteiger partial charge on any atom is 0.267 e. The van der Waals surface area contributed by atoms with Gasteiger partial charge in [0.1, 0.15) is 15.8 Å². The van der Waals surface area contributed by atoms with Gasteiger partial charge in [-0.2, -0.15) is 0 Å². The Labute approximate surface area is 206 Å². The zero-order valence-electron chi connectivity index (χ0n) is 18.5. The highest BCUT2D eigenvalue weighted by Gasteiger charge is 2.42. The Morgan fingerprint density at radius 3 is 2.88 bits per heavy atom. The van der Waals surface area contributed by atoms with Gasteiger partial charge in [-0.05, 0) is 43.9 Å². The number of thiocarbonyl (C=S) groups is 1. The first-order valence-corrected chi connectivity index (χ1v) is 14.1. The largest absolute Gasteiger partial charge is 0.376 e. The minimum atomic E-state index is -3.18. The van der Waals surface area contributed by atoms with Crippen LogP contribution in [0.2, 0.25) is 0 Å². The number of aryl methyl sites for hydroxylation is 1. The molecule has 2 aromatic rings. The van der Waals surface area contributed by atoms with Crippen LogP contribution in [0.25, 0.3) is 11.7 Å². The average molecular weight is 521 g/mol. The molecule has 5 rings (SSSR count). The molecular weight excluding hydrogens is 496 g/mol. The van der Waals surface area contributed by atoms with E-state index in [9.17, 15) is 18.0 Å². The summed E-state index contributed by atoms with van der Waals surface area (Å²) in [6, 6.07) is 3.18. The number of nitrogens with zero attached hydrogens (tertiary/aromatic N) is 3. The van der Waals surface area contributed by atoms with Crippen molar-refractivity contribution in [2.24, 2.45) is 0 Å². The van der Waals surface area contributed by atoms with Gasteiger partial charge in [-0.25, -0.2) is 13.4 Å². The monoisotopic (exact) mass is 520 g/mol. The van der Waals surface area contributed by atoms with Gasteiger partial charge >= 0.3 is 0 Å². The molecule has 0 spiro atoms. The maximum absolute atomic E-state index is 13.5. The van der Waals surface area contributed by atoms with Gasteiger partial charge in [0.15, 0.2) is 9.84 Å². The maximum atomic E-state index is 13.5. The van der Waals surface area contributed by atoms with Crippen molar-refractivity contribution in [3.8, 4) is 0 Å². The SMILES string of the molecule is Cc1cccn2c(=O)c(C=C3SC(=S)N(C4CCS(=O)(=O)C4)C3=O)c(NCC3CCCO3)nc12. The third-order valence-electron chi connectivity index (χ3n) is 6.28. The summed E-state index contributed by atoms with van der Waals surface area (Å²) in [5, 5.41) is 3.25. The molecule has 1 N–H and O–H groups in total. The number of nitrogens with one attached hydrogen (secondary N) is 1. The van der Waals surface area contributed by atoms with Crippen LogP contribution >= 0.6 is 24.0 Å². The van der Waals surface area contributed by atoms with Crippen molar-refractivity contribution >= 4 is 61.6 Å². The molecule has 9 nitrogen and oxygen atoms in total. The van der Waals surface area contributed by atoms with E-state index in [0.717, 1.165) is 30.2 Å². The van der Waals surface area contributed by atoms with Crippen LogP contribution in [0, 0.1) is 6.92 Å². The number of fused-ring (bicyclic) bond motifs is 1. The van der Waals surface area contributed by atoms with E-state index in [1.807, 2.05) is 13.0 Å². The van der Waals surface area contributed by atoms with Crippen molar-refractivity contribution < 1.29 is 17.9 Å². The molecule has 3 fully saturated rings. The Morgan fingerprint density at radius 2 is 2.18 bits per heavy atom. The number of ether oxygens (including phenoxy) is 1. The molecule has 1 amide bonds. The molecule has 2 atom stereocenters. The van der Waals surface area contributed by atoms with Crippen LogP contribution < -0.4 is 10.9 Å². The second-order valence-corrected chi connectivity index (χ2v) is 12.6. The Bertz CT molecular complexity index is 1380. The molecule has 0 aliphatic carbocycles. The summed E-state index contributed by atoms with van der Waals surface area (Å²) >= 11 is 6.49. The molecule has 3 saturated heterocycles. The number of pyridine rings is 1. The number of thioether (sulfide) groups is 1. The number of hydrogen-bond donors (Lipinski definition) is 1. The zero-order chi connectivity index (χ0) is 24.0. The van der Waals surface area contributed by atoms with E-state index < -0.39 is 15.9 Å². The van der Waals surface area contributed by atoms with Gasteiger partial charge in [0, 0.05) is 19.3 Å². The molecule has 180 valence electrons. The van der Waals surface area contributed by atoms with Gasteiger partial charge in [-0.3, -0.25) is 18.9 Å². The first-order valence-electron chi connectivity index (χ1n) is 11.1. The number of aromatic nitrogens is 2. The Balaban J connectivity index is 1.53. The van der Waals surface area contributed by atoms with Gasteiger partial charge in [0.2, 0.25) is 0 Å². The second kappa shape index (κ2) is 9.06. The van der Waals surface area contributed by atoms with E-state index in [4.69, 9.17) is 21.9 Å². The second-order valence-electron chi connectivity index (χ2n) is 8.69. The molecule has 34 heavy (non-hydrogen) atoms. The van der Waals surface area contributed by atoms with Crippen LogP contribution in [0.4, 0.5) is 5.82 Å². The summed E-state index contributed by atoms with van der Waals surface area (Å²) < 4.78 is 31.3. The first kappa shape index (κ1) is 23.5. The quantitative estimate of drug-likeness (QED) is 0.467. The molecule has 0 saturated carbocycles. The van der Waals surface area contributed by atoms with Gasteiger partial charge < -0.3 is 10.1 Å². The van der Waals surface area contributed by atoms with Crippen LogP contribution in [0.15, 0.2) is 28.0 Å². The van der Waals surface area contributed by atoms with Crippen LogP contribution in [0.5, 0.6) is 0 Å². The Kier molecular flexibility index (Phi) is 6.25. The molecule has 0 aromatic carbocycles. The third-order valence-corrected chi connectivity index (χ3v) is 9.36. The highest BCUT2D eigenvalue weighted by Crippen LogP contribution is 2.36. The number of amides is 1. The molecule has 3 aliphatic rings. The molecular formula is C22H24N4O5S3. The van der Waals surface area contributed by atoms with Crippen LogP contribution in [-0.2, 0) is 19.4 Å². The third kappa shape index (κ3) is 4.39. The summed E-state index contributed by atoms with van der Waals surface area (Å²) in [5.74, 6) is -0.0553. The van der Waals surface area contributed by atoms with Crippen molar-refractivity contribution in [2.75, 3.05) is 30.0 Å². The molecule has 0 radical (unpaired) electrons. The van der Waals surface area contributed by atoms with Crippen molar-refractivity contribution in [3.63, 3.8) is 0 Å². The van der Waals surface area contributed by atoms with Crippen LogP contribution in [0.1, 0.15) is 30.4 Å². The summed E-state index contributed by atoms with van der Waals surface area (Å²) in [7, 11) is -3.18. The number of hydrogen-bond acceptors (Lipinski definition) is 9. The van der Waals surface area contributed by atoms with Gasteiger partial charge in [0.05, 0.1) is 34.1 Å². The fraction of sp³-hybridized carbons (Fsp3) is 0.455. The van der Waals surface area contributed by atoms with E-state index in [1.54, 1.807) is 12.3 Å². The lowest BCUT2D eigenvalue weighted by atomic mass is 10.2. The summed E-state index contributed by atoms with van der Waals surface area (Å²) in [5.41, 5.74) is 1.32. The first-order chi connectivity index (χ1) is 16.2. The van der Waals surface area contributed by atoms with Crippen molar-refractivity contribution in [1.82, 2.24) is 14.3 Å². The Hall–Kier alpha value is -2.28. The fourth-order valence-electron chi connectivity index (χ4n) is 4.50. The Morgan fingerprint density at radius 1 is 1.35 bits per heavy atom. The molecule has 12 heteroatoms. The number of carbonyl (C=O) groups excluding carboxylic acids is 1. The van der Waals surface area contributed by atoms with E-state index in [0.29, 0.717) is 35.4 Å². The zero-order valence-corrected chi connectivity index (χ0v) is 21.0. The minimum absolute atomic E-state index is 0.0347. The lowest BCUT2D eigenvalue weighted by molar-refractivity contribution is -0.123. The van der Waals surface area contributed by atoms with Crippen molar-refractivity contribution in [2.45, 2.75) is 38.3 Å². The van der Waals surface area contributed by atoms with E-state index in [2.05, 4.69) is 5.32 Å². The normalized spacial score (nSPS) is 25.7. The summed E-state index contributed by atoms with van der Waals surface area (Å²) in [6.07, 6.45) is 5.48. The summed E-state index contributed by atoms with van der Waals surface area (Å²) in [4.78, 5) is 33.0. The predicted molar refractivity (Wildman–Crippen MR) is 136 cm³/mol. The summed E-state index contributed by atoms with van der Waals surface area (Å²) in [6.45, 7) is 3.09.